The lowest BCUT2D eigenvalue weighted by atomic mass is 10.0. The molecule has 34 heavy (non-hydrogen) atoms. The molecule has 10 nitrogen and oxygen atoms in total. The second-order valence-corrected chi connectivity index (χ2v) is 8.55. The van der Waals surface area contributed by atoms with Gasteiger partial charge in [-0.05, 0) is 57.0 Å². The number of piperazine rings is 1. The average molecular weight is 462 g/mol. The normalized spacial score (nSPS) is 16.1. The zero-order chi connectivity index (χ0) is 24.1. The first-order valence-electron chi connectivity index (χ1n) is 11.5. The van der Waals surface area contributed by atoms with E-state index in [1.807, 2.05) is 56.1 Å². The van der Waals surface area contributed by atoms with Gasteiger partial charge in [0.1, 0.15) is 0 Å². The van der Waals surface area contributed by atoms with Crippen LogP contribution in [0.5, 0.6) is 0 Å². The molecule has 4 rings (SSSR count). The summed E-state index contributed by atoms with van der Waals surface area (Å²) in [5, 5.41) is 12.5. The lowest BCUT2D eigenvalue weighted by Gasteiger charge is -2.34. The maximum atomic E-state index is 12.9. The highest BCUT2D eigenvalue weighted by atomic mass is 16.2. The molecule has 1 amide bonds. The fourth-order valence-corrected chi connectivity index (χ4v) is 4.12. The highest BCUT2D eigenvalue weighted by Crippen LogP contribution is 2.18. The van der Waals surface area contributed by atoms with Crippen molar-refractivity contribution in [1.29, 1.82) is 0 Å². The molecule has 0 bridgehead atoms. The SMILES string of the molecule is CC(=Nc1ccc2nnc(C)n2n1)C(CCC(=O)N1CCN(Cc2ccccn2)CC1)=C(C)N. The molecule has 3 aromatic rings. The number of aromatic nitrogens is 5. The lowest BCUT2D eigenvalue weighted by molar-refractivity contribution is -0.132. The zero-order valence-corrected chi connectivity index (χ0v) is 20.0. The van der Waals surface area contributed by atoms with E-state index in [0.29, 0.717) is 35.8 Å². The van der Waals surface area contributed by atoms with Gasteiger partial charge in [-0.25, -0.2) is 4.99 Å². The number of hydrogen-bond acceptors (Lipinski definition) is 8. The maximum Gasteiger partial charge on any atom is 0.222 e. The number of hydrogen-bond donors (Lipinski definition) is 1. The summed E-state index contributed by atoms with van der Waals surface area (Å²) in [4.78, 5) is 26.2. The van der Waals surface area contributed by atoms with Crippen LogP contribution in [0.25, 0.3) is 5.65 Å². The average Bonchev–Trinajstić information content (AvgIpc) is 3.20. The van der Waals surface area contributed by atoms with Crippen molar-refractivity contribution < 1.29 is 4.79 Å². The van der Waals surface area contributed by atoms with Crippen molar-refractivity contribution in [3.63, 3.8) is 0 Å². The molecule has 2 N–H and O–H groups in total. The molecule has 3 aromatic heterocycles. The van der Waals surface area contributed by atoms with Crippen LogP contribution in [0.15, 0.2) is 52.8 Å². The van der Waals surface area contributed by atoms with Crippen LogP contribution in [0, 0.1) is 6.92 Å². The van der Waals surface area contributed by atoms with E-state index in [-0.39, 0.29) is 5.91 Å². The minimum atomic E-state index is 0.142. The van der Waals surface area contributed by atoms with Crippen molar-refractivity contribution in [2.45, 2.75) is 40.2 Å². The van der Waals surface area contributed by atoms with Crippen molar-refractivity contribution >= 4 is 23.1 Å². The van der Waals surface area contributed by atoms with E-state index >= 15 is 0 Å². The molecule has 0 spiro atoms. The summed E-state index contributed by atoms with van der Waals surface area (Å²) in [6, 6.07) is 9.58. The first-order chi connectivity index (χ1) is 16.4. The Morgan fingerprint density at radius 1 is 1.06 bits per heavy atom. The minimum absolute atomic E-state index is 0.142. The van der Waals surface area contributed by atoms with Crippen LogP contribution in [0.3, 0.4) is 0 Å². The molecule has 178 valence electrons. The molecule has 1 fully saturated rings. The lowest BCUT2D eigenvalue weighted by Crippen LogP contribution is -2.48. The molecule has 0 radical (unpaired) electrons. The number of aliphatic imine (C=N–C) groups is 1. The van der Waals surface area contributed by atoms with Gasteiger partial charge in [0.05, 0.1) is 5.69 Å². The van der Waals surface area contributed by atoms with Crippen molar-refractivity contribution in [2.24, 2.45) is 10.7 Å². The summed E-state index contributed by atoms with van der Waals surface area (Å²) in [7, 11) is 0. The first-order valence-corrected chi connectivity index (χ1v) is 11.5. The van der Waals surface area contributed by atoms with Crippen LogP contribution in [0.4, 0.5) is 5.82 Å². The predicted octanol–water partition coefficient (Wildman–Crippen LogP) is 2.28. The summed E-state index contributed by atoms with van der Waals surface area (Å²) >= 11 is 0. The number of carbonyl (C=O) groups is 1. The molecule has 1 aliphatic heterocycles. The molecule has 4 heterocycles. The van der Waals surface area contributed by atoms with Crippen LogP contribution in [-0.4, -0.2) is 72.4 Å². The van der Waals surface area contributed by atoms with E-state index in [4.69, 9.17) is 5.73 Å². The fraction of sp³-hybridized carbons (Fsp3) is 0.417. The fourth-order valence-electron chi connectivity index (χ4n) is 4.12. The Balaban J connectivity index is 1.33. The van der Waals surface area contributed by atoms with Gasteiger partial charge in [0.25, 0.3) is 0 Å². The highest BCUT2D eigenvalue weighted by Gasteiger charge is 2.22. The van der Waals surface area contributed by atoms with Gasteiger partial charge in [0.2, 0.25) is 5.91 Å². The van der Waals surface area contributed by atoms with Crippen LogP contribution in [0.1, 0.15) is 38.2 Å². The van der Waals surface area contributed by atoms with E-state index < -0.39 is 0 Å². The number of aryl methyl sites for hydroxylation is 1. The van der Waals surface area contributed by atoms with E-state index in [0.717, 1.165) is 49.7 Å². The zero-order valence-electron chi connectivity index (χ0n) is 20.0. The standard InChI is InChI=1S/C24H31N9O/c1-17(25)21(18(2)27-22-8-9-23-29-28-19(3)33(23)30-22)7-10-24(34)32-14-12-31(13-15-32)16-20-6-4-5-11-26-20/h4-6,8-9,11H,7,10,12-16,25H2,1-3H3. The Bertz CT molecular complexity index is 1200. The molecule has 1 aliphatic rings. The monoisotopic (exact) mass is 461 g/mol. The Labute approximate surface area is 199 Å². The highest BCUT2D eigenvalue weighted by molar-refractivity contribution is 6.00. The summed E-state index contributed by atoms with van der Waals surface area (Å²) in [5.41, 5.74) is 10.2. The number of nitrogens with two attached hydrogens (primary N) is 1. The number of nitrogens with zero attached hydrogens (tertiary/aromatic N) is 8. The molecule has 10 heteroatoms. The van der Waals surface area contributed by atoms with Crippen molar-refractivity contribution in [2.75, 3.05) is 26.2 Å². The largest absolute Gasteiger partial charge is 0.402 e. The Morgan fingerprint density at radius 3 is 2.56 bits per heavy atom. The Hall–Kier alpha value is -3.66. The van der Waals surface area contributed by atoms with Gasteiger partial charge in [-0.15, -0.1) is 15.3 Å². The third kappa shape index (κ3) is 5.63. The van der Waals surface area contributed by atoms with Crippen LogP contribution >= 0.6 is 0 Å². The van der Waals surface area contributed by atoms with E-state index in [1.54, 1.807) is 10.6 Å². The quantitative estimate of drug-likeness (QED) is 0.536. The molecule has 0 aromatic carbocycles. The minimum Gasteiger partial charge on any atom is -0.402 e. The number of fused-ring (bicyclic) bond motifs is 1. The van der Waals surface area contributed by atoms with E-state index in [2.05, 4.69) is 30.2 Å². The summed E-state index contributed by atoms with van der Waals surface area (Å²) in [5.74, 6) is 1.38. The number of allylic oxidation sites excluding steroid dienone is 2. The Morgan fingerprint density at radius 2 is 1.85 bits per heavy atom. The molecule has 0 unspecified atom stereocenters. The summed E-state index contributed by atoms with van der Waals surface area (Å²) in [6.45, 7) is 9.53. The smallest absolute Gasteiger partial charge is 0.222 e. The number of pyridine rings is 1. The maximum absolute atomic E-state index is 12.9. The molecule has 0 atom stereocenters. The van der Waals surface area contributed by atoms with Gasteiger partial charge in [-0.2, -0.15) is 4.52 Å². The van der Waals surface area contributed by atoms with Crippen LogP contribution < -0.4 is 5.73 Å². The second-order valence-electron chi connectivity index (χ2n) is 8.55. The summed E-state index contributed by atoms with van der Waals surface area (Å²) in [6.07, 6.45) is 2.75. The van der Waals surface area contributed by atoms with Gasteiger partial charge in [0, 0.05) is 56.8 Å². The Kier molecular flexibility index (Phi) is 7.27. The number of amides is 1. The van der Waals surface area contributed by atoms with Gasteiger partial charge in [-0.3, -0.25) is 14.7 Å². The second kappa shape index (κ2) is 10.5. The third-order valence-electron chi connectivity index (χ3n) is 6.03. The topological polar surface area (TPSA) is 118 Å². The van der Waals surface area contributed by atoms with Crippen molar-refractivity contribution in [1.82, 2.24) is 34.6 Å². The van der Waals surface area contributed by atoms with Gasteiger partial charge in [0.15, 0.2) is 17.3 Å². The van der Waals surface area contributed by atoms with Gasteiger partial charge in [-0.1, -0.05) is 6.07 Å². The molecule has 0 saturated carbocycles. The van der Waals surface area contributed by atoms with Gasteiger partial charge < -0.3 is 10.6 Å². The van der Waals surface area contributed by atoms with Crippen LogP contribution in [0.2, 0.25) is 0 Å². The molecule has 1 saturated heterocycles. The molecule has 0 aliphatic carbocycles. The van der Waals surface area contributed by atoms with Crippen molar-refractivity contribution in [3.8, 4) is 0 Å². The van der Waals surface area contributed by atoms with Gasteiger partial charge >= 0.3 is 0 Å². The molecular formula is C24H31N9O. The number of carbonyl (C=O) groups excluding carboxylic acids is 1. The van der Waals surface area contributed by atoms with Crippen LogP contribution in [-0.2, 0) is 11.3 Å². The van der Waals surface area contributed by atoms with E-state index in [9.17, 15) is 4.79 Å². The van der Waals surface area contributed by atoms with E-state index in [1.165, 1.54) is 0 Å². The number of rotatable bonds is 7. The van der Waals surface area contributed by atoms with Crippen molar-refractivity contribution in [3.05, 3.63) is 59.3 Å². The third-order valence-corrected chi connectivity index (χ3v) is 6.03. The molecular weight excluding hydrogens is 430 g/mol. The first kappa shape index (κ1) is 23.5. The summed E-state index contributed by atoms with van der Waals surface area (Å²) < 4.78 is 1.65. The predicted molar refractivity (Wildman–Crippen MR) is 131 cm³/mol.